The summed E-state index contributed by atoms with van der Waals surface area (Å²) in [6.45, 7) is 2.63. The lowest BCUT2D eigenvalue weighted by atomic mass is 10.0. The third kappa shape index (κ3) is 3.64. The quantitative estimate of drug-likeness (QED) is 0.490. The van der Waals surface area contributed by atoms with E-state index < -0.39 is 0 Å². The number of nitrogens with zero attached hydrogens (tertiary/aromatic N) is 4. The normalized spacial score (nSPS) is 13.9. The van der Waals surface area contributed by atoms with Gasteiger partial charge in [0.15, 0.2) is 5.82 Å². The highest BCUT2D eigenvalue weighted by atomic mass is 16.5. The van der Waals surface area contributed by atoms with Crippen molar-refractivity contribution >= 4 is 22.5 Å². The SMILES string of the molecule is COc1ccccc1C(=O)N1CCN(c2nnc(-c3ccccc3)c3ccccc23)CC1. The van der Waals surface area contributed by atoms with Gasteiger partial charge in [-0.15, -0.1) is 10.2 Å². The van der Waals surface area contributed by atoms with Crippen molar-refractivity contribution in [1.29, 1.82) is 0 Å². The number of rotatable bonds is 4. The highest BCUT2D eigenvalue weighted by molar-refractivity contribution is 6.00. The van der Waals surface area contributed by atoms with Crippen molar-refractivity contribution in [2.75, 3.05) is 38.2 Å². The van der Waals surface area contributed by atoms with E-state index in [4.69, 9.17) is 4.74 Å². The number of carbonyl (C=O) groups is 1. The molecule has 4 aromatic rings. The molecule has 0 spiro atoms. The smallest absolute Gasteiger partial charge is 0.257 e. The van der Waals surface area contributed by atoms with Crippen LogP contribution in [0.5, 0.6) is 5.75 Å². The first-order valence-corrected chi connectivity index (χ1v) is 10.7. The second-order valence-corrected chi connectivity index (χ2v) is 7.76. The summed E-state index contributed by atoms with van der Waals surface area (Å²) in [5.74, 6) is 1.47. The molecule has 0 N–H and O–H groups in total. The minimum Gasteiger partial charge on any atom is -0.496 e. The molecule has 1 saturated heterocycles. The molecule has 5 rings (SSSR count). The summed E-state index contributed by atoms with van der Waals surface area (Å²) in [7, 11) is 1.59. The maximum atomic E-state index is 13.0. The van der Waals surface area contributed by atoms with Crippen LogP contribution in [0.25, 0.3) is 22.0 Å². The number of carbonyl (C=O) groups excluding carboxylic acids is 1. The monoisotopic (exact) mass is 424 g/mol. The highest BCUT2D eigenvalue weighted by Gasteiger charge is 2.26. The second kappa shape index (κ2) is 8.67. The molecule has 1 aromatic heterocycles. The van der Waals surface area contributed by atoms with Crippen molar-refractivity contribution in [3.8, 4) is 17.0 Å². The predicted molar refractivity (Wildman–Crippen MR) is 126 cm³/mol. The van der Waals surface area contributed by atoms with Crippen LogP contribution in [-0.4, -0.2) is 54.3 Å². The number of methoxy groups -OCH3 is 1. The molecule has 2 heterocycles. The zero-order valence-corrected chi connectivity index (χ0v) is 17.9. The Morgan fingerprint density at radius 3 is 2.19 bits per heavy atom. The Morgan fingerprint density at radius 1 is 0.781 bits per heavy atom. The van der Waals surface area contributed by atoms with E-state index in [1.165, 1.54) is 0 Å². The van der Waals surface area contributed by atoms with Crippen LogP contribution in [0.4, 0.5) is 5.82 Å². The van der Waals surface area contributed by atoms with Gasteiger partial charge in [0.05, 0.1) is 12.7 Å². The average molecular weight is 425 g/mol. The summed E-state index contributed by atoms with van der Waals surface area (Å²) in [5.41, 5.74) is 2.53. The molecule has 0 radical (unpaired) electrons. The van der Waals surface area contributed by atoms with Crippen molar-refractivity contribution in [3.05, 3.63) is 84.4 Å². The topological polar surface area (TPSA) is 58.6 Å². The maximum absolute atomic E-state index is 13.0. The first-order chi connectivity index (χ1) is 15.8. The Bertz CT molecular complexity index is 1250. The number of hydrogen-bond donors (Lipinski definition) is 0. The van der Waals surface area contributed by atoms with Gasteiger partial charge in [0.2, 0.25) is 0 Å². The number of anilines is 1. The second-order valence-electron chi connectivity index (χ2n) is 7.76. The molecule has 1 aliphatic rings. The molecular weight excluding hydrogens is 400 g/mol. The van der Waals surface area contributed by atoms with E-state index in [-0.39, 0.29) is 5.91 Å². The number of para-hydroxylation sites is 1. The van der Waals surface area contributed by atoms with Crippen LogP contribution in [0.15, 0.2) is 78.9 Å². The van der Waals surface area contributed by atoms with Crippen molar-refractivity contribution < 1.29 is 9.53 Å². The molecule has 0 aliphatic carbocycles. The van der Waals surface area contributed by atoms with Gasteiger partial charge < -0.3 is 14.5 Å². The van der Waals surface area contributed by atoms with Gasteiger partial charge in [0, 0.05) is 42.5 Å². The van der Waals surface area contributed by atoms with E-state index in [1.54, 1.807) is 7.11 Å². The molecule has 6 nitrogen and oxygen atoms in total. The van der Waals surface area contributed by atoms with Crippen molar-refractivity contribution in [3.63, 3.8) is 0 Å². The van der Waals surface area contributed by atoms with Crippen molar-refractivity contribution in [2.24, 2.45) is 0 Å². The third-order valence-corrected chi connectivity index (χ3v) is 5.92. The molecule has 160 valence electrons. The zero-order valence-electron chi connectivity index (χ0n) is 17.9. The minimum absolute atomic E-state index is 0.00234. The van der Waals surface area contributed by atoms with Gasteiger partial charge in [-0.2, -0.15) is 0 Å². The van der Waals surface area contributed by atoms with Gasteiger partial charge in [-0.1, -0.05) is 66.7 Å². The number of amides is 1. The van der Waals surface area contributed by atoms with Crippen LogP contribution in [0.2, 0.25) is 0 Å². The molecule has 1 fully saturated rings. The van der Waals surface area contributed by atoms with E-state index >= 15 is 0 Å². The fourth-order valence-corrected chi connectivity index (χ4v) is 4.25. The van der Waals surface area contributed by atoms with Crippen LogP contribution < -0.4 is 9.64 Å². The fourth-order valence-electron chi connectivity index (χ4n) is 4.25. The molecule has 0 bridgehead atoms. The summed E-state index contributed by atoms with van der Waals surface area (Å²) in [6.07, 6.45) is 0. The summed E-state index contributed by atoms with van der Waals surface area (Å²) in [6, 6.07) is 25.8. The summed E-state index contributed by atoms with van der Waals surface area (Å²) >= 11 is 0. The number of benzene rings is 3. The number of ether oxygens (including phenoxy) is 1. The lowest BCUT2D eigenvalue weighted by molar-refractivity contribution is 0.0743. The van der Waals surface area contributed by atoms with Crippen molar-refractivity contribution in [1.82, 2.24) is 15.1 Å². The van der Waals surface area contributed by atoms with Gasteiger partial charge in [-0.05, 0) is 12.1 Å². The highest BCUT2D eigenvalue weighted by Crippen LogP contribution is 2.32. The maximum Gasteiger partial charge on any atom is 0.257 e. The summed E-state index contributed by atoms with van der Waals surface area (Å²) in [4.78, 5) is 17.1. The van der Waals surface area contributed by atoms with E-state index in [1.807, 2.05) is 59.5 Å². The van der Waals surface area contributed by atoms with Crippen molar-refractivity contribution in [2.45, 2.75) is 0 Å². The predicted octanol–water partition coefficient (Wildman–Crippen LogP) is 4.27. The minimum atomic E-state index is -0.00234. The van der Waals surface area contributed by atoms with E-state index in [0.717, 1.165) is 27.8 Å². The Labute approximate surface area is 187 Å². The molecule has 0 atom stereocenters. The standard InChI is InChI=1S/C26H24N4O2/c1-32-23-14-8-7-13-22(23)26(31)30-17-15-29(16-18-30)25-21-12-6-5-11-20(21)24(27-28-25)19-9-3-2-4-10-19/h2-14H,15-18H2,1H3. The van der Waals surface area contributed by atoms with Gasteiger partial charge in [-0.3, -0.25) is 4.79 Å². The molecule has 1 amide bonds. The largest absolute Gasteiger partial charge is 0.496 e. The van der Waals surface area contributed by atoms with Gasteiger partial charge in [-0.25, -0.2) is 0 Å². The molecule has 3 aromatic carbocycles. The lowest BCUT2D eigenvalue weighted by Gasteiger charge is -2.36. The van der Waals surface area contributed by atoms with Crippen LogP contribution in [0.3, 0.4) is 0 Å². The number of hydrogen-bond acceptors (Lipinski definition) is 5. The molecule has 0 saturated carbocycles. The van der Waals surface area contributed by atoms with Gasteiger partial charge in [0.25, 0.3) is 5.91 Å². The van der Waals surface area contributed by atoms with Gasteiger partial charge >= 0.3 is 0 Å². The molecule has 6 heteroatoms. The van der Waals surface area contributed by atoms with Crippen LogP contribution in [-0.2, 0) is 0 Å². The average Bonchev–Trinajstić information content (AvgIpc) is 2.88. The number of aromatic nitrogens is 2. The number of piperazine rings is 1. The van der Waals surface area contributed by atoms with Crippen LogP contribution >= 0.6 is 0 Å². The lowest BCUT2D eigenvalue weighted by Crippen LogP contribution is -2.49. The molecule has 1 aliphatic heterocycles. The first-order valence-electron chi connectivity index (χ1n) is 10.7. The first kappa shape index (κ1) is 20.0. The Kier molecular flexibility index (Phi) is 5.42. The van der Waals surface area contributed by atoms with Gasteiger partial charge in [0.1, 0.15) is 11.4 Å². The van der Waals surface area contributed by atoms with E-state index in [2.05, 4.69) is 39.4 Å². The molecular formula is C26H24N4O2. The Hall–Kier alpha value is -3.93. The third-order valence-electron chi connectivity index (χ3n) is 5.92. The Morgan fingerprint density at radius 2 is 1.44 bits per heavy atom. The molecule has 32 heavy (non-hydrogen) atoms. The van der Waals surface area contributed by atoms with E-state index in [9.17, 15) is 4.79 Å². The fraction of sp³-hybridized carbons (Fsp3) is 0.192. The molecule has 0 unspecified atom stereocenters. The summed E-state index contributed by atoms with van der Waals surface area (Å²) < 4.78 is 5.37. The Balaban J connectivity index is 1.39. The van der Waals surface area contributed by atoms with Crippen LogP contribution in [0, 0.1) is 0 Å². The number of fused-ring (bicyclic) bond motifs is 1. The van der Waals surface area contributed by atoms with E-state index in [0.29, 0.717) is 37.5 Å². The zero-order chi connectivity index (χ0) is 21.9. The van der Waals surface area contributed by atoms with Crippen LogP contribution in [0.1, 0.15) is 10.4 Å². The summed E-state index contributed by atoms with van der Waals surface area (Å²) in [5, 5.41) is 11.4.